The Morgan fingerprint density at radius 1 is 1.16 bits per heavy atom. The van der Waals surface area contributed by atoms with E-state index in [-0.39, 0.29) is 5.56 Å². The van der Waals surface area contributed by atoms with Crippen LogP contribution in [0.1, 0.15) is 16.0 Å². The van der Waals surface area contributed by atoms with Crippen molar-refractivity contribution in [3.63, 3.8) is 0 Å². The van der Waals surface area contributed by atoms with Crippen LogP contribution in [0.5, 0.6) is 0 Å². The monoisotopic (exact) mass is 487 g/mol. The Morgan fingerprint density at radius 3 is 2.81 bits per heavy atom. The van der Waals surface area contributed by atoms with Gasteiger partial charge in [-0.2, -0.15) is 0 Å². The molecule has 0 unspecified atom stereocenters. The number of likely N-dealkylation sites (N-methyl/N-ethyl adjacent to an activating group) is 1. The lowest BCUT2D eigenvalue weighted by Crippen LogP contribution is -2.27. The topological polar surface area (TPSA) is 38.1 Å². The van der Waals surface area contributed by atoms with Crippen molar-refractivity contribution < 1.29 is 0 Å². The third-order valence-electron chi connectivity index (χ3n) is 5.42. The molecule has 0 saturated heterocycles. The maximum atomic E-state index is 13.8. The summed E-state index contributed by atoms with van der Waals surface area (Å²) in [6.45, 7) is 1.80. The Balaban J connectivity index is 1.68. The normalized spacial score (nSPS) is 14.2. The van der Waals surface area contributed by atoms with Gasteiger partial charge in [0.2, 0.25) is 0 Å². The van der Waals surface area contributed by atoms with E-state index in [2.05, 4.69) is 11.9 Å². The summed E-state index contributed by atoms with van der Waals surface area (Å²) in [7, 11) is 2.11. The molecule has 0 aliphatic carbocycles. The van der Waals surface area contributed by atoms with Crippen molar-refractivity contribution in [3.05, 3.63) is 84.9 Å². The van der Waals surface area contributed by atoms with Crippen LogP contribution in [0.3, 0.4) is 0 Å². The van der Waals surface area contributed by atoms with Gasteiger partial charge in [-0.3, -0.25) is 9.36 Å². The zero-order valence-corrected chi connectivity index (χ0v) is 19.9. The number of hydrogen-bond acceptors (Lipinski definition) is 5. The van der Waals surface area contributed by atoms with Crippen LogP contribution in [-0.2, 0) is 18.7 Å². The minimum atomic E-state index is -0.0315. The molecule has 8 heteroatoms. The molecule has 158 valence electrons. The van der Waals surface area contributed by atoms with Gasteiger partial charge in [-0.15, -0.1) is 11.3 Å². The molecule has 5 rings (SSSR count). The van der Waals surface area contributed by atoms with E-state index < -0.39 is 0 Å². The number of thioether (sulfide) groups is 1. The van der Waals surface area contributed by atoms with E-state index in [9.17, 15) is 4.79 Å². The molecule has 4 aromatic rings. The molecule has 2 aromatic carbocycles. The lowest BCUT2D eigenvalue weighted by Gasteiger charge is -2.21. The molecule has 31 heavy (non-hydrogen) atoms. The van der Waals surface area contributed by atoms with Gasteiger partial charge in [0, 0.05) is 33.8 Å². The van der Waals surface area contributed by atoms with Gasteiger partial charge < -0.3 is 4.90 Å². The number of aromatic nitrogens is 2. The highest BCUT2D eigenvalue weighted by Crippen LogP contribution is 2.35. The summed E-state index contributed by atoms with van der Waals surface area (Å²) in [5.41, 5.74) is 2.85. The summed E-state index contributed by atoms with van der Waals surface area (Å²) >= 11 is 15.8. The first-order valence-electron chi connectivity index (χ1n) is 9.89. The predicted octanol–water partition coefficient (Wildman–Crippen LogP) is 6.03. The molecule has 0 saturated carbocycles. The summed E-state index contributed by atoms with van der Waals surface area (Å²) in [6.07, 6.45) is 0.865. The number of rotatable bonds is 4. The molecule has 0 bridgehead atoms. The summed E-state index contributed by atoms with van der Waals surface area (Å²) < 4.78 is 1.70. The number of nitrogens with zero attached hydrogens (tertiary/aromatic N) is 3. The molecule has 0 spiro atoms. The van der Waals surface area contributed by atoms with Crippen molar-refractivity contribution in [2.24, 2.45) is 0 Å². The Kier molecular flexibility index (Phi) is 5.84. The van der Waals surface area contributed by atoms with Gasteiger partial charge in [0.05, 0.1) is 11.1 Å². The molecule has 3 heterocycles. The van der Waals surface area contributed by atoms with E-state index in [0.717, 1.165) is 46.5 Å². The van der Waals surface area contributed by atoms with Gasteiger partial charge in [-0.05, 0) is 48.9 Å². The van der Waals surface area contributed by atoms with E-state index in [4.69, 9.17) is 28.2 Å². The molecular formula is C23H19Cl2N3OS2. The van der Waals surface area contributed by atoms with Crippen LogP contribution in [0.15, 0.2) is 58.5 Å². The van der Waals surface area contributed by atoms with Gasteiger partial charge in [-0.1, -0.05) is 59.2 Å². The quantitative estimate of drug-likeness (QED) is 0.260. The van der Waals surface area contributed by atoms with Crippen LogP contribution >= 0.6 is 46.3 Å². The van der Waals surface area contributed by atoms with Crippen LogP contribution in [0.4, 0.5) is 0 Å². The molecular weight excluding hydrogens is 469 g/mol. The minimum Gasteiger partial charge on any atom is -0.301 e. The van der Waals surface area contributed by atoms with Gasteiger partial charge >= 0.3 is 0 Å². The fourth-order valence-corrected chi connectivity index (χ4v) is 6.67. The zero-order valence-electron chi connectivity index (χ0n) is 16.8. The highest BCUT2D eigenvalue weighted by molar-refractivity contribution is 7.98. The van der Waals surface area contributed by atoms with Crippen molar-refractivity contribution in [2.45, 2.75) is 23.9 Å². The van der Waals surface area contributed by atoms with E-state index in [1.165, 1.54) is 16.6 Å². The van der Waals surface area contributed by atoms with Crippen LogP contribution in [-0.4, -0.2) is 28.0 Å². The fourth-order valence-electron chi connectivity index (χ4n) is 3.85. The fraction of sp³-hybridized carbons (Fsp3) is 0.217. The van der Waals surface area contributed by atoms with E-state index in [0.29, 0.717) is 21.0 Å². The summed E-state index contributed by atoms with van der Waals surface area (Å²) in [5, 5.41) is 2.68. The van der Waals surface area contributed by atoms with Gasteiger partial charge in [0.25, 0.3) is 5.56 Å². The van der Waals surface area contributed by atoms with Crippen molar-refractivity contribution in [1.82, 2.24) is 14.5 Å². The first-order valence-corrected chi connectivity index (χ1v) is 12.4. The Hall–Kier alpha value is -1.83. The van der Waals surface area contributed by atoms with Gasteiger partial charge in [0.1, 0.15) is 4.83 Å². The van der Waals surface area contributed by atoms with E-state index in [1.54, 1.807) is 22.0 Å². The largest absolute Gasteiger partial charge is 0.301 e. The zero-order chi connectivity index (χ0) is 21.5. The number of thiophene rings is 1. The first-order chi connectivity index (χ1) is 15.0. The molecule has 1 aliphatic rings. The standard InChI is InChI=1S/C23H19Cl2N3OS2/c1-27-10-9-17-19(12-27)31-21-20(17)22(29)28(16-7-4-6-15(24)11-16)23(26-21)30-13-14-5-2-3-8-18(14)25/h2-8,11H,9-10,12-13H2,1H3. The smallest absolute Gasteiger partial charge is 0.267 e. The molecule has 0 radical (unpaired) electrons. The maximum absolute atomic E-state index is 13.8. The maximum Gasteiger partial charge on any atom is 0.267 e. The third kappa shape index (κ3) is 4.03. The highest BCUT2D eigenvalue weighted by atomic mass is 35.5. The SMILES string of the molecule is CN1CCc2c(sc3nc(SCc4ccccc4Cl)n(-c4cccc(Cl)c4)c(=O)c23)C1. The second-order valence-corrected chi connectivity index (χ2v) is 10.4. The Labute approximate surface area is 198 Å². The van der Waals surface area contributed by atoms with Crippen molar-refractivity contribution in [2.75, 3.05) is 13.6 Å². The lowest BCUT2D eigenvalue weighted by atomic mass is 10.1. The highest BCUT2D eigenvalue weighted by Gasteiger charge is 2.24. The van der Waals surface area contributed by atoms with Crippen molar-refractivity contribution >= 4 is 56.5 Å². The van der Waals surface area contributed by atoms with Crippen molar-refractivity contribution in [1.29, 1.82) is 0 Å². The second kappa shape index (κ2) is 8.60. The molecule has 1 aliphatic heterocycles. The van der Waals surface area contributed by atoms with Crippen LogP contribution in [0, 0.1) is 0 Å². The molecule has 2 aromatic heterocycles. The third-order valence-corrected chi connectivity index (χ3v) is 8.12. The predicted molar refractivity (Wildman–Crippen MR) is 131 cm³/mol. The Morgan fingerprint density at radius 2 is 2.00 bits per heavy atom. The lowest BCUT2D eigenvalue weighted by molar-refractivity contribution is 0.318. The van der Waals surface area contributed by atoms with Crippen LogP contribution in [0.2, 0.25) is 10.0 Å². The second-order valence-electron chi connectivity index (χ2n) is 7.57. The van der Waals surface area contributed by atoms with Gasteiger partial charge in [0.15, 0.2) is 5.16 Å². The molecule has 0 amide bonds. The average molecular weight is 488 g/mol. The summed E-state index contributed by atoms with van der Waals surface area (Å²) in [5.74, 6) is 0.617. The van der Waals surface area contributed by atoms with Gasteiger partial charge in [-0.25, -0.2) is 4.98 Å². The minimum absolute atomic E-state index is 0.0315. The summed E-state index contributed by atoms with van der Waals surface area (Å²) in [4.78, 5) is 23.1. The number of halogens is 2. The molecule has 0 atom stereocenters. The molecule has 0 N–H and O–H groups in total. The van der Waals surface area contributed by atoms with Crippen LogP contribution < -0.4 is 5.56 Å². The number of hydrogen-bond donors (Lipinski definition) is 0. The molecule has 4 nitrogen and oxygen atoms in total. The molecule has 0 fully saturated rings. The number of benzene rings is 2. The Bertz CT molecular complexity index is 1350. The number of fused-ring (bicyclic) bond motifs is 3. The van der Waals surface area contributed by atoms with E-state index in [1.807, 2.05) is 42.5 Å². The average Bonchev–Trinajstić information content (AvgIpc) is 3.10. The summed E-state index contributed by atoms with van der Waals surface area (Å²) in [6, 6.07) is 15.1. The first kappa shape index (κ1) is 21.0. The van der Waals surface area contributed by atoms with Crippen LogP contribution in [0.25, 0.3) is 15.9 Å². The van der Waals surface area contributed by atoms with E-state index >= 15 is 0 Å². The van der Waals surface area contributed by atoms with Crippen molar-refractivity contribution in [3.8, 4) is 5.69 Å².